The van der Waals surface area contributed by atoms with Crippen molar-refractivity contribution in [3.63, 3.8) is 0 Å². The Kier molecular flexibility index (Phi) is 3.92. The molecule has 1 aromatic rings. The molecule has 0 aromatic heterocycles. The van der Waals surface area contributed by atoms with Crippen molar-refractivity contribution in [3.8, 4) is 0 Å². The van der Waals surface area contributed by atoms with Crippen LogP contribution in [0.3, 0.4) is 0 Å². The van der Waals surface area contributed by atoms with E-state index in [1.807, 2.05) is 0 Å². The van der Waals surface area contributed by atoms with Gasteiger partial charge in [0.2, 0.25) is 0 Å². The molecular weight excluding hydrogens is 217 g/mol. The van der Waals surface area contributed by atoms with Crippen molar-refractivity contribution < 1.29 is 9.50 Å². The van der Waals surface area contributed by atoms with Gasteiger partial charge in [0.15, 0.2) is 0 Å². The molecule has 1 atom stereocenters. The van der Waals surface area contributed by atoms with Crippen LogP contribution in [0, 0.1) is 11.7 Å². The van der Waals surface area contributed by atoms with E-state index in [2.05, 4.69) is 17.9 Å². The second-order valence-corrected chi connectivity index (χ2v) is 4.40. The summed E-state index contributed by atoms with van der Waals surface area (Å²) in [6.07, 6.45) is 2.14. The minimum atomic E-state index is -0.221. The smallest absolute Gasteiger partial charge is 0.123 e. The second-order valence-electron chi connectivity index (χ2n) is 4.40. The predicted molar refractivity (Wildman–Crippen MR) is 67.1 cm³/mol. The molecular formula is C14H18FNO. The Bertz CT molecular complexity index is 399. The molecule has 17 heavy (non-hydrogen) atoms. The molecule has 0 spiro atoms. The van der Waals surface area contributed by atoms with Gasteiger partial charge >= 0.3 is 0 Å². The van der Waals surface area contributed by atoms with Crippen LogP contribution in [0.25, 0.3) is 5.57 Å². The Hall–Kier alpha value is -1.19. The molecule has 0 saturated heterocycles. The van der Waals surface area contributed by atoms with Crippen molar-refractivity contribution in [2.45, 2.75) is 6.92 Å². The van der Waals surface area contributed by atoms with Crippen LogP contribution in [0.1, 0.15) is 12.5 Å². The second kappa shape index (κ2) is 5.43. The fraction of sp³-hybridized carbons (Fsp3) is 0.429. The SMILES string of the molecule is CCN1CC=C(c2ccc(F)cc2)C(CO)C1. The third kappa shape index (κ3) is 2.73. The first-order valence-corrected chi connectivity index (χ1v) is 6.03. The maximum atomic E-state index is 12.9. The summed E-state index contributed by atoms with van der Waals surface area (Å²) in [4.78, 5) is 2.29. The van der Waals surface area contributed by atoms with Crippen LogP contribution in [0.4, 0.5) is 4.39 Å². The van der Waals surface area contributed by atoms with Crippen LogP contribution in [0.2, 0.25) is 0 Å². The molecule has 1 N–H and O–H groups in total. The molecule has 0 bridgehead atoms. The molecule has 1 aromatic carbocycles. The number of benzene rings is 1. The van der Waals surface area contributed by atoms with Crippen LogP contribution >= 0.6 is 0 Å². The van der Waals surface area contributed by atoms with Crippen molar-refractivity contribution >= 4 is 5.57 Å². The van der Waals surface area contributed by atoms with Gasteiger partial charge < -0.3 is 5.11 Å². The Morgan fingerprint density at radius 1 is 1.35 bits per heavy atom. The van der Waals surface area contributed by atoms with Crippen LogP contribution in [0.5, 0.6) is 0 Å². The number of rotatable bonds is 3. The summed E-state index contributed by atoms with van der Waals surface area (Å²) in [7, 11) is 0. The summed E-state index contributed by atoms with van der Waals surface area (Å²) in [6.45, 7) is 5.02. The largest absolute Gasteiger partial charge is 0.396 e. The fourth-order valence-corrected chi connectivity index (χ4v) is 2.29. The van der Waals surface area contributed by atoms with Gasteiger partial charge in [0.05, 0.1) is 6.61 Å². The molecule has 0 saturated carbocycles. The molecule has 0 fully saturated rings. The molecule has 92 valence electrons. The van der Waals surface area contributed by atoms with E-state index in [0.717, 1.165) is 30.8 Å². The van der Waals surface area contributed by atoms with Gasteiger partial charge in [0.1, 0.15) is 5.82 Å². The highest BCUT2D eigenvalue weighted by atomic mass is 19.1. The third-order valence-corrected chi connectivity index (χ3v) is 3.33. The van der Waals surface area contributed by atoms with E-state index in [9.17, 15) is 9.50 Å². The number of hydrogen-bond acceptors (Lipinski definition) is 2. The summed E-state index contributed by atoms with van der Waals surface area (Å²) in [5.74, 6) is -0.0879. The highest BCUT2D eigenvalue weighted by Crippen LogP contribution is 2.27. The van der Waals surface area contributed by atoms with Crippen molar-refractivity contribution in [2.24, 2.45) is 5.92 Å². The molecule has 3 heteroatoms. The van der Waals surface area contributed by atoms with Crippen LogP contribution in [0.15, 0.2) is 30.3 Å². The van der Waals surface area contributed by atoms with E-state index in [-0.39, 0.29) is 18.3 Å². The number of nitrogens with zero attached hydrogens (tertiary/aromatic N) is 1. The van der Waals surface area contributed by atoms with Crippen LogP contribution < -0.4 is 0 Å². The van der Waals surface area contributed by atoms with Gasteiger partial charge in [-0.1, -0.05) is 25.1 Å². The van der Waals surface area contributed by atoms with Gasteiger partial charge in [-0.2, -0.15) is 0 Å². The standard InChI is InChI=1S/C14H18FNO/c1-2-16-8-7-14(12(9-16)10-17)11-3-5-13(15)6-4-11/h3-7,12,17H,2,8-10H2,1H3. The quantitative estimate of drug-likeness (QED) is 0.867. The van der Waals surface area contributed by atoms with Gasteiger partial charge in [0, 0.05) is 19.0 Å². The van der Waals surface area contributed by atoms with E-state index >= 15 is 0 Å². The lowest BCUT2D eigenvalue weighted by Crippen LogP contribution is -2.35. The van der Waals surface area contributed by atoms with Crippen LogP contribution in [-0.4, -0.2) is 36.2 Å². The number of halogens is 1. The van der Waals surface area contributed by atoms with Gasteiger partial charge in [-0.3, -0.25) is 4.90 Å². The predicted octanol–water partition coefficient (Wildman–Crippen LogP) is 2.15. The number of aliphatic hydroxyl groups excluding tert-OH is 1. The first-order chi connectivity index (χ1) is 8.24. The lowest BCUT2D eigenvalue weighted by atomic mass is 9.89. The van der Waals surface area contributed by atoms with E-state index in [1.165, 1.54) is 12.1 Å². The molecule has 1 heterocycles. The molecule has 2 nitrogen and oxygen atoms in total. The molecule has 1 unspecified atom stereocenters. The van der Waals surface area contributed by atoms with Crippen molar-refractivity contribution in [2.75, 3.05) is 26.2 Å². The molecule has 2 rings (SSSR count). The average molecular weight is 235 g/mol. The molecule has 0 aliphatic carbocycles. The number of likely N-dealkylation sites (N-methyl/N-ethyl adjacent to an activating group) is 1. The van der Waals surface area contributed by atoms with E-state index in [4.69, 9.17) is 0 Å². The maximum Gasteiger partial charge on any atom is 0.123 e. The zero-order chi connectivity index (χ0) is 12.3. The lowest BCUT2D eigenvalue weighted by molar-refractivity contribution is 0.198. The van der Waals surface area contributed by atoms with Crippen LogP contribution in [-0.2, 0) is 0 Å². The first-order valence-electron chi connectivity index (χ1n) is 6.03. The van der Waals surface area contributed by atoms with Crippen molar-refractivity contribution in [1.82, 2.24) is 4.90 Å². The third-order valence-electron chi connectivity index (χ3n) is 3.33. The topological polar surface area (TPSA) is 23.5 Å². The van der Waals surface area contributed by atoms with E-state index in [1.54, 1.807) is 12.1 Å². The van der Waals surface area contributed by atoms with Gasteiger partial charge in [-0.05, 0) is 29.8 Å². The van der Waals surface area contributed by atoms with Crippen molar-refractivity contribution in [3.05, 3.63) is 41.7 Å². The first kappa shape index (κ1) is 12.3. The molecule has 1 aliphatic rings. The highest BCUT2D eigenvalue weighted by molar-refractivity contribution is 5.68. The summed E-state index contributed by atoms with van der Waals surface area (Å²) in [5.41, 5.74) is 2.15. The summed E-state index contributed by atoms with van der Waals surface area (Å²) in [6, 6.07) is 6.50. The van der Waals surface area contributed by atoms with E-state index < -0.39 is 0 Å². The van der Waals surface area contributed by atoms with Crippen molar-refractivity contribution in [1.29, 1.82) is 0 Å². The number of hydrogen-bond donors (Lipinski definition) is 1. The van der Waals surface area contributed by atoms with Gasteiger partial charge in [-0.25, -0.2) is 4.39 Å². The highest BCUT2D eigenvalue weighted by Gasteiger charge is 2.22. The summed E-state index contributed by atoms with van der Waals surface area (Å²) in [5, 5.41) is 9.45. The minimum absolute atomic E-state index is 0.133. The Labute approximate surface area is 101 Å². The maximum absolute atomic E-state index is 12.9. The Morgan fingerprint density at radius 3 is 2.65 bits per heavy atom. The molecule has 0 amide bonds. The Balaban J connectivity index is 2.24. The van der Waals surface area contributed by atoms with Gasteiger partial charge in [0.25, 0.3) is 0 Å². The molecule has 1 aliphatic heterocycles. The average Bonchev–Trinajstić information content (AvgIpc) is 2.39. The van der Waals surface area contributed by atoms with E-state index in [0.29, 0.717) is 0 Å². The minimum Gasteiger partial charge on any atom is -0.396 e. The zero-order valence-electron chi connectivity index (χ0n) is 10.1. The number of aliphatic hydroxyl groups is 1. The monoisotopic (exact) mass is 235 g/mol. The van der Waals surface area contributed by atoms with Gasteiger partial charge in [-0.15, -0.1) is 0 Å². The summed E-state index contributed by atoms with van der Waals surface area (Å²) >= 11 is 0. The summed E-state index contributed by atoms with van der Waals surface area (Å²) < 4.78 is 12.9. The normalized spacial score (nSPS) is 21.4. The lowest BCUT2D eigenvalue weighted by Gasteiger charge is -2.31. The zero-order valence-corrected chi connectivity index (χ0v) is 10.1. The Morgan fingerprint density at radius 2 is 2.06 bits per heavy atom. The fourth-order valence-electron chi connectivity index (χ4n) is 2.29. The molecule has 0 radical (unpaired) electrons.